The van der Waals surface area contributed by atoms with E-state index >= 15 is 0 Å². The van der Waals surface area contributed by atoms with Crippen molar-refractivity contribution in [2.75, 3.05) is 0 Å². The van der Waals surface area contributed by atoms with E-state index in [9.17, 15) is 18.0 Å². The summed E-state index contributed by atoms with van der Waals surface area (Å²) in [6.07, 6.45) is -2.63. The molecule has 0 saturated carbocycles. The number of allylic oxidation sites excluding steroid dienone is 1. The number of aryl methyl sites for hydroxylation is 1. The monoisotopic (exact) mass is 439 g/mol. The molecule has 1 aromatic heterocycles. The number of aromatic nitrogens is 1. The van der Waals surface area contributed by atoms with Gasteiger partial charge in [-0.15, -0.1) is 11.3 Å². The minimum atomic E-state index is -4.35. The van der Waals surface area contributed by atoms with Gasteiger partial charge in [-0.25, -0.2) is 4.98 Å². The quantitative estimate of drug-likeness (QED) is 0.552. The molecule has 162 valence electrons. The van der Waals surface area contributed by atoms with Crippen molar-refractivity contribution in [2.24, 2.45) is 0 Å². The summed E-state index contributed by atoms with van der Waals surface area (Å²) in [6.45, 7) is 5.86. The molecule has 4 nitrogen and oxygen atoms in total. The SMILES string of the molecule is CC1=C(CCc2nc(C(C)C)c(CC(=O)O)s2)CC(c2ccc(C(F)(F)F)cc2)O1. The predicted molar refractivity (Wildman–Crippen MR) is 108 cm³/mol. The van der Waals surface area contributed by atoms with Crippen LogP contribution in [0, 0.1) is 0 Å². The molecule has 1 aliphatic rings. The number of hydrogen-bond acceptors (Lipinski definition) is 4. The smallest absolute Gasteiger partial charge is 0.416 e. The molecule has 3 rings (SSSR count). The van der Waals surface area contributed by atoms with Gasteiger partial charge in [-0.3, -0.25) is 4.79 Å². The van der Waals surface area contributed by atoms with E-state index in [1.54, 1.807) is 0 Å². The number of rotatable bonds is 7. The van der Waals surface area contributed by atoms with Crippen LogP contribution in [0.4, 0.5) is 13.2 Å². The number of ether oxygens (including phenoxy) is 1. The summed E-state index contributed by atoms with van der Waals surface area (Å²) in [6, 6.07) is 5.10. The summed E-state index contributed by atoms with van der Waals surface area (Å²) in [7, 11) is 0. The molecule has 0 saturated heterocycles. The Labute approximate surface area is 177 Å². The Balaban J connectivity index is 1.64. The van der Waals surface area contributed by atoms with Crippen molar-refractivity contribution in [3.05, 3.63) is 62.3 Å². The largest absolute Gasteiger partial charge is 0.490 e. The van der Waals surface area contributed by atoms with E-state index in [0.29, 0.717) is 12.8 Å². The second-order valence-electron chi connectivity index (χ2n) is 7.73. The van der Waals surface area contributed by atoms with Crippen LogP contribution in [-0.4, -0.2) is 16.1 Å². The van der Waals surface area contributed by atoms with E-state index in [2.05, 4.69) is 4.98 Å². The Hall–Kier alpha value is -2.35. The minimum Gasteiger partial charge on any atom is -0.490 e. The normalized spacial score (nSPS) is 17.0. The van der Waals surface area contributed by atoms with E-state index in [1.165, 1.54) is 23.5 Å². The van der Waals surface area contributed by atoms with E-state index in [1.807, 2.05) is 20.8 Å². The standard InChI is InChI=1S/C22H24F3NO3S/c1-12(2)21-18(11-20(27)28)30-19(26-21)9-6-15-10-17(29-13(15)3)14-4-7-16(8-5-14)22(23,24)25/h4-5,7-8,12,17H,6,9-11H2,1-3H3,(H,27,28). The molecule has 0 aliphatic carbocycles. The van der Waals surface area contributed by atoms with Crippen LogP contribution in [-0.2, 0) is 28.5 Å². The lowest BCUT2D eigenvalue weighted by Gasteiger charge is -2.13. The van der Waals surface area contributed by atoms with E-state index in [4.69, 9.17) is 9.84 Å². The van der Waals surface area contributed by atoms with Crippen LogP contribution in [0.25, 0.3) is 0 Å². The maximum absolute atomic E-state index is 12.8. The van der Waals surface area contributed by atoms with Gasteiger partial charge in [-0.2, -0.15) is 13.2 Å². The first kappa shape index (κ1) is 22.3. The van der Waals surface area contributed by atoms with Crippen molar-refractivity contribution in [3.8, 4) is 0 Å². The van der Waals surface area contributed by atoms with Gasteiger partial charge in [0, 0.05) is 17.7 Å². The summed E-state index contributed by atoms with van der Waals surface area (Å²) >= 11 is 1.44. The van der Waals surface area contributed by atoms with Crippen LogP contribution in [0.5, 0.6) is 0 Å². The lowest BCUT2D eigenvalue weighted by molar-refractivity contribution is -0.138. The molecule has 0 spiro atoms. The number of nitrogens with zero attached hydrogens (tertiary/aromatic N) is 1. The number of benzene rings is 1. The molecule has 2 heterocycles. The highest BCUT2D eigenvalue weighted by Gasteiger charge is 2.31. The molecule has 0 fully saturated rings. The molecule has 2 aromatic rings. The zero-order valence-corrected chi connectivity index (χ0v) is 17.9. The molecule has 1 unspecified atom stereocenters. The summed E-state index contributed by atoms with van der Waals surface area (Å²) in [5, 5.41) is 10.0. The van der Waals surface area contributed by atoms with Gasteiger partial charge in [0.2, 0.25) is 0 Å². The van der Waals surface area contributed by atoms with Crippen molar-refractivity contribution in [1.29, 1.82) is 0 Å². The molecule has 8 heteroatoms. The zero-order valence-electron chi connectivity index (χ0n) is 17.0. The van der Waals surface area contributed by atoms with Crippen molar-refractivity contribution >= 4 is 17.3 Å². The predicted octanol–water partition coefficient (Wildman–Crippen LogP) is 6.28. The van der Waals surface area contributed by atoms with Crippen LogP contribution < -0.4 is 0 Å². The molecule has 30 heavy (non-hydrogen) atoms. The second kappa shape index (κ2) is 8.79. The highest BCUT2D eigenvalue weighted by molar-refractivity contribution is 7.11. The fraction of sp³-hybridized carbons (Fsp3) is 0.455. The lowest BCUT2D eigenvalue weighted by Crippen LogP contribution is -2.05. The summed E-state index contributed by atoms with van der Waals surface area (Å²) in [4.78, 5) is 16.5. The van der Waals surface area contributed by atoms with Gasteiger partial charge < -0.3 is 9.84 Å². The van der Waals surface area contributed by atoms with Gasteiger partial charge in [-0.1, -0.05) is 26.0 Å². The van der Waals surface area contributed by atoms with Gasteiger partial charge in [0.05, 0.1) is 28.4 Å². The van der Waals surface area contributed by atoms with Gasteiger partial charge in [0.15, 0.2) is 0 Å². The van der Waals surface area contributed by atoms with Crippen LogP contribution in [0.15, 0.2) is 35.6 Å². The Morgan fingerprint density at radius 2 is 1.93 bits per heavy atom. The number of carboxylic acids is 1. The number of thiazole rings is 1. The molecule has 1 aromatic carbocycles. The Morgan fingerprint density at radius 1 is 1.27 bits per heavy atom. The summed E-state index contributed by atoms with van der Waals surface area (Å²) < 4.78 is 44.2. The fourth-order valence-corrected chi connectivity index (χ4v) is 4.76. The first-order chi connectivity index (χ1) is 14.0. The average Bonchev–Trinajstić information content (AvgIpc) is 3.22. The number of aliphatic carboxylic acids is 1. The third-order valence-electron chi connectivity index (χ3n) is 5.13. The third-order valence-corrected chi connectivity index (χ3v) is 6.26. The highest BCUT2D eigenvalue weighted by atomic mass is 32.1. The number of hydrogen-bond donors (Lipinski definition) is 1. The zero-order chi connectivity index (χ0) is 22.1. The Bertz CT molecular complexity index is 946. The van der Waals surface area contributed by atoms with E-state index in [-0.39, 0.29) is 18.4 Å². The molecule has 1 aliphatic heterocycles. The lowest BCUT2D eigenvalue weighted by atomic mass is 9.99. The topological polar surface area (TPSA) is 59.4 Å². The first-order valence-corrected chi connectivity index (χ1v) is 10.6. The van der Waals surface area contributed by atoms with Gasteiger partial charge in [0.1, 0.15) is 6.10 Å². The number of halogens is 3. The molecular formula is C22H24F3NO3S. The molecule has 0 amide bonds. The minimum absolute atomic E-state index is 0.0218. The van der Waals surface area contributed by atoms with Gasteiger partial charge >= 0.3 is 12.1 Å². The molecule has 0 radical (unpaired) electrons. The van der Waals surface area contributed by atoms with E-state index in [0.717, 1.165) is 51.0 Å². The average molecular weight is 439 g/mol. The number of carbonyl (C=O) groups is 1. The molecular weight excluding hydrogens is 415 g/mol. The van der Waals surface area contributed by atoms with Crippen molar-refractivity contribution in [1.82, 2.24) is 4.98 Å². The number of carboxylic acid groups (broad SMARTS) is 1. The van der Waals surface area contributed by atoms with Gasteiger partial charge in [0.25, 0.3) is 0 Å². The van der Waals surface area contributed by atoms with Gasteiger partial charge in [-0.05, 0) is 42.5 Å². The molecule has 0 bridgehead atoms. The van der Waals surface area contributed by atoms with Crippen LogP contribution in [0.3, 0.4) is 0 Å². The Morgan fingerprint density at radius 3 is 2.50 bits per heavy atom. The van der Waals surface area contributed by atoms with Crippen molar-refractivity contribution in [2.45, 2.75) is 64.7 Å². The van der Waals surface area contributed by atoms with Crippen LogP contribution in [0.1, 0.15) is 72.3 Å². The summed E-state index contributed by atoms with van der Waals surface area (Å²) in [5.74, 6) is 0.0877. The van der Waals surface area contributed by atoms with E-state index < -0.39 is 17.7 Å². The second-order valence-corrected chi connectivity index (χ2v) is 8.90. The Kier molecular flexibility index (Phi) is 6.55. The highest BCUT2D eigenvalue weighted by Crippen LogP contribution is 2.39. The molecule has 1 atom stereocenters. The number of alkyl halides is 3. The van der Waals surface area contributed by atoms with Crippen molar-refractivity contribution in [3.63, 3.8) is 0 Å². The van der Waals surface area contributed by atoms with Crippen LogP contribution >= 0.6 is 11.3 Å². The maximum atomic E-state index is 12.8. The maximum Gasteiger partial charge on any atom is 0.416 e. The fourth-order valence-electron chi connectivity index (χ4n) is 3.55. The first-order valence-electron chi connectivity index (χ1n) is 9.77. The third kappa shape index (κ3) is 5.22. The van der Waals surface area contributed by atoms with Crippen molar-refractivity contribution < 1.29 is 27.8 Å². The summed E-state index contributed by atoms with van der Waals surface area (Å²) in [5.41, 5.74) is 2.00. The molecule has 1 N–H and O–H groups in total. The van der Waals surface area contributed by atoms with Crippen LogP contribution in [0.2, 0.25) is 0 Å².